The number of carbonyl (C=O) groups excluding carboxylic acids is 3. The number of benzene rings is 2. The molecule has 12 heteroatoms. The summed E-state index contributed by atoms with van der Waals surface area (Å²) >= 11 is 2.29. The van der Waals surface area contributed by atoms with Gasteiger partial charge in [0.15, 0.2) is 0 Å². The van der Waals surface area contributed by atoms with Gasteiger partial charge in [0.05, 0.1) is 37.0 Å². The van der Waals surface area contributed by atoms with Crippen LogP contribution < -0.4 is 19.4 Å². The number of rotatable bonds is 8. The molecule has 1 aromatic heterocycles. The monoisotopic (exact) mass is 622 g/mol. The van der Waals surface area contributed by atoms with Gasteiger partial charge >= 0.3 is 4.87 Å². The van der Waals surface area contributed by atoms with Crippen LogP contribution in [-0.4, -0.2) is 78.9 Å². The highest BCUT2D eigenvalue weighted by atomic mass is 32.2. The Labute approximate surface area is 258 Å². The highest BCUT2D eigenvalue weighted by Crippen LogP contribution is 2.54. The Morgan fingerprint density at radius 1 is 0.977 bits per heavy atom. The molecule has 4 heterocycles. The van der Waals surface area contributed by atoms with E-state index in [4.69, 9.17) is 9.47 Å². The molecule has 0 aliphatic carbocycles. The normalized spacial score (nSPS) is 21.5. The van der Waals surface area contributed by atoms with Crippen LogP contribution in [0, 0.1) is 5.92 Å². The summed E-state index contributed by atoms with van der Waals surface area (Å²) in [6.45, 7) is 7.67. The minimum atomic E-state index is -0.742. The largest absolute Gasteiger partial charge is 0.497 e. The van der Waals surface area contributed by atoms with Crippen molar-refractivity contribution >= 4 is 52.2 Å². The summed E-state index contributed by atoms with van der Waals surface area (Å²) in [5.74, 6) is -1.38. The third-order valence-electron chi connectivity index (χ3n) is 8.42. The number of nitrogens with zero attached hydrogens (tertiary/aromatic N) is 4. The van der Waals surface area contributed by atoms with Gasteiger partial charge in [-0.15, -0.1) is 0 Å². The van der Waals surface area contributed by atoms with Crippen LogP contribution in [0.25, 0.3) is 0 Å². The van der Waals surface area contributed by atoms with Crippen molar-refractivity contribution in [2.24, 2.45) is 5.92 Å². The van der Waals surface area contributed by atoms with Gasteiger partial charge < -0.3 is 19.3 Å². The maximum Gasteiger partial charge on any atom is 0.308 e. The van der Waals surface area contributed by atoms with Crippen LogP contribution in [0.4, 0.5) is 11.4 Å². The molecule has 6 rings (SSSR count). The highest BCUT2D eigenvalue weighted by molar-refractivity contribution is 8.00. The molecule has 3 amide bonds. The maximum absolute atomic E-state index is 14.1. The zero-order chi connectivity index (χ0) is 30.2. The van der Waals surface area contributed by atoms with E-state index >= 15 is 0 Å². The molecule has 10 nitrogen and oxygen atoms in total. The Morgan fingerprint density at radius 2 is 1.65 bits per heavy atom. The van der Waals surface area contributed by atoms with Crippen molar-refractivity contribution in [1.82, 2.24) is 9.47 Å². The number of carbonyl (C=O) groups is 3. The molecule has 43 heavy (non-hydrogen) atoms. The van der Waals surface area contributed by atoms with Gasteiger partial charge in [0, 0.05) is 42.7 Å². The molecule has 3 unspecified atom stereocenters. The van der Waals surface area contributed by atoms with Gasteiger partial charge in [-0.05, 0) is 55.8 Å². The van der Waals surface area contributed by atoms with Crippen molar-refractivity contribution in [1.29, 1.82) is 0 Å². The quantitative estimate of drug-likeness (QED) is 0.353. The van der Waals surface area contributed by atoms with Crippen molar-refractivity contribution in [2.45, 2.75) is 36.6 Å². The molecule has 2 aromatic carbocycles. The highest BCUT2D eigenvalue weighted by Gasteiger charge is 2.56. The first kappa shape index (κ1) is 29.5. The molecule has 3 aliphatic rings. The van der Waals surface area contributed by atoms with Gasteiger partial charge in [0.25, 0.3) is 0 Å². The Kier molecular flexibility index (Phi) is 8.34. The van der Waals surface area contributed by atoms with Crippen molar-refractivity contribution in [3.05, 3.63) is 68.6 Å². The predicted octanol–water partition coefficient (Wildman–Crippen LogP) is 3.42. The average molecular weight is 623 g/mol. The Morgan fingerprint density at radius 3 is 2.28 bits per heavy atom. The van der Waals surface area contributed by atoms with E-state index in [1.165, 1.54) is 21.2 Å². The number of hydrogen-bond donors (Lipinski definition) is 0. The van der Waals surface area contributed by atoms with E-state index in [2.05, 4.69) is 18.7 Å². The summed E-state index contributed by atoms with van der Waals surface area (Å²) < 4.78 is 12.1. The van der Waals surface area contributed by atoms with E-state index in [1.54, 1.807) is 36.3 Å². The number of thiazole rings is 1. The molecule has 3 atom stereocenters. The zero-order valence-corrected chi connectivity index (χ0v) is 26.0. The van der Waals surface area contributed by atoms with E-state index < -0.39 is 17.1 Å². The average Bonchev–Trinajstić information content (AvgIpc) is 3.48. The summed E-state index contributed by atoms with van der Waals surface area (Å²) in [5.41, 5.74) is 2.40. The minimum Gasteiger partial charge on any atom is -0.497 e. The van der Waals surface area contributed by atoms with Crippen LogP contribution in [-0.2, 0) is 25.7 Å². The van der Waals surface area contributed by atoms with Gasteiger partial charge in [-0.25, -0.2) is 4.90 Å². The number of thioether (sulfide) groups is 1. The van der Waals surface area contributed by atoms with Crippen LogP contribution in [0.3, 0.4) is 0 Å². The fraction of sp³-hybridized carbons (Fsp3) is 0.419. The van der Waals surface area contributed by atoms with Gasteiger partial charge in [-0.2, -0.15) is 0 Å². The Bertz CT molecular complexity index is 1570. The van der Waals surface area contributed by atoms with Crippen LogP contribution in [0.5, 0.6) is 5.75 Å². The van der Waals surface area contributed by atoms with Crippen molar-refractivity contribution in [3.8, 4) is 5.75 Å². The lowest BCUT2D eigenvalue weighted by Crippen LogP contribution is -2.43. The molecule has 0 spiro atoms. The molecular formula is C31H34N4O6S2. The second-order valence-corrected chi connectivity index (χ2v) is 12.8. The second kappa shape index (κ2) is 12.2. The smallest absolute Gasteiger partial charge is 0.308 e. The molecule has 2 fully saturated rings. The molecule has 0 radical (unpaired) electrons. The molecule has 0 N–H and O–H groups in total. The first-order valence-corrected chi connectivity index (χ1v) is 16.2. The standard InChI is InChI=1S/C31H34N4O6S2/c1-4-32(5-2)20-8-6-19(7-9-20)24-25-26(29(38)35(28(25)37)21-10-12-22(40-3)13-11-21)42-30-27(24)43-31(39)34(30)18-23(36)33-14-16-41-17-15-33/h6-13,24-26H,4-5,14-18H2,1-3H3. The number of anilines is 2. The fourth-order valence-corrected chi connectivity index (χ4v) is 8.90. The third kappa shape index (κ3) is 5.25. The molecule has 0 saturated carbocycles. The van der Waals surface area contributed by atoms with E-state index in [0.717, 1.165) is 40.6 Å². The summed E-state index contributed by atoms with van der Waals surface area (Å²) in [5, 5.41) is -0.151. The number of imide groups is 1. The Balaban J connectivity index is 1.42. The van der Waals surface area contributed by atoms with Gasteiger partial charge in [0.2, 0.25) is 17.7 Å². The molecule has 3 aromatic rings. The summed E-state index contributed by atoms with van der Waals surface area (Å²) in [6.07, 6.45) is 0. The second-order valence-electron chi connectivity index (χ2n) is 10.6. The lowest BCUT2D eigenvalue weighted by atomic mass is 9.83. The third-order valence-corrected chi connectivity index (χ3v) is 11.0. The topological polar surface area (TPSA) is 101 Å². The summed E-state index contributed by atoms with van der Waals surface area (Å²) in [4.78, 5) is 60.4. The number of morpholine rings is 1. The summed E-state index contributed by atoms with van der Waals surface area (Å²) in [6, 6.07) is 14.9. The lowest BCUT2D eigenvalue weighted by molar-refractivity contribution is -0.136. The SMILES string of the molecule is CCN(CC)c1ccc(C2c3sc(=O)n(CC(=O)N4CCOCC4)c3SC3C(=O)N(c4ccc(OC)cc4)C(=O)C32)cc1. The summed E-state index contributed by atoms with van der Waals surface area (Å²) in [7, 11) is 1.56. The number of ether oxygens (including phenoxy) is 2. The van der Waals surface area contributed by atoms with Gasteiger partial charge in [0.1, 0.15) is 17.5 Å². The minimum absolute atomic E-state index is 0.118. The number of methoxy groups -OCH3 is 1. The predicted molar refractivity (Wildman–Crippen MR) is 166 cm³/mol. The molecule has 226 valence electrons. The van der Waals surface area contributed by atoms with E-state index in [0.29, 0.717) is 42.8 Å². The maximum atomic E-state index is 14.1. The number of fused-ring (bicyclic) bond motifs is 2. The number of hydrogen-bond acceptors (Lipinski definition) is 9. The lowest BCUT2D eigenvalue weighted by Gasteiger charge is -2.31. The molecule has 3 aliphatic heterocycles. The van der Waals surface area contributed by atoms with Gasteiger partial charge in [-0.1, -0.05) is 35.2 Å². The molecule has 0 bridgehead atoms. The first-order chi connectivity index (χ1) is 20.9. The van der Waals surface area contributed by atoms with Crippen LogP contribution in [0.2, 0.25) is 0 Å². The van der Waals surface area contributed by atoms with Gasteiger partial charge in [-0.3, -0.25) is 23.7 Å². The van der Waals surface area contributed by atoms with Crippen LogP contribution in [0.15, 0.2) is 58.4 Å². The molecular weight excluding hydrogens is 588 g/mol. The van der Waals surface area contributed by atoms with E-state index in [1.807, 2.05) is 24.3 Å². The Hall–Kier alpha value is -3.61. The zero-order valence-electron chi connectivity index (χ0n) is 24.4. The van der Waals surface area contributed by atoms with E-state index in [-0.39, 0.29) is 29.1 Å². The number of aromatic nitrogens is 1. The van der Waals surface area contributed by atoms with E-state index in [9.17, 15) is 19.2 Å². The van der Waals surface area contributed by atoms with Crippen molar-refractivity contribution < 1.29 is 23.9 Å². The van der Waals surface area contributed by atoms with Crippen LogP contribution >= 0.6 is 23.1 Å². The first-order valence-electron chi connectivity index (χ1n) is 14.5. The number of amides is 3. The van der Waals surface area contributed by atoms with Crippen molar-refractivity contribution in [3.63, 3.8) is 0 Å². The van der Waals surface area contributed by atoms with Crippen molar-refractivity contribution in [2.75, 3.05) is 56.3 Å². The molecule has 2 saturated heterocycles. The van der Waals surface area contributed by atoms with Crippen LogP contribution in [0.1, 0.15) is 30.2 Å². The fourth-order valence-electron chi connectivity index (χ4n) is 6.13.